The predicted molar refractivity (Wildman–Crippen MR) is 79.6 cm³/mol. The molecule has 1 saturated heterocycles. The minimum atomic E-state index is 0. The maximum absolute atomic E-state index is 5.65. The molecule has 2 heterocycles. The van der Waals surface area contributed by atoms with E-state index < -0.39 is 0 Å². The SMILES string of the molecule is C=CCn1c(CN)nnc1SCC1CCCOC1.Cl. The fourth-order valence-corrected chi connectivity index (χ4v) is 3.10. The summed E-state index contributed by atoms with van der Waals surface area (Å²) in [6, 6.07) is 0. The molecule has 0 aliphatic carbocycles. The second-order valence-electron chi connectivity index (χ2n) is 4.40. The summed E-state index contributed by atoms with van der Waals surface area (Å²) in [4.78, 5) is 0. The summed E-state index contributed by atoms with van der Waals surface area (Å²) in [6.45, 7) is 6.65. The van der Waals surface area contributed by atoms with Crippen LogP contribution in [0.4, 0.5) is 0 Å². The third kappa shape index (κ3) is 4.49. The van der Waals surface area contributed by atoms with Crippen molar-refractivity contribution in [2.75, 3.05) is 19.0 Å². The molecular formula is C12H21ClN4OS. The van der Waals surface area contributed by atoms with Crippen LogP contribution in [0.3, 0.4) is 0 Å². The van der Waals surface area contributed by atoms with Gasteiger partial charge in [-0.05, 0) is 18.8 Å². The molecule has 1 fully saturated rings. The number of nitrogens with zero attached hydrogens (tertiary/aromatic N) is 3. The molecule has 108 valence electrons. The van der Waals surface area contributed by atoms with Crippen molar-refractivity contribution in [3.8, 4) is 0 Å². The molecular weight excluding hydrogens is 284 g/mol. The molecule has 7 heteroatoms. The smallest absolute Gasteiger partial charge is 0.191 e. The van der Waals surface area contributed by atoms with Crippen LogP contribution in [-0.2, 0) is 17.8 Å². The van der Waals surface area contributed by atoms with Gasteiger partial charge >= 0.3 is 0 Å². The van der Waals surface area contributed by atoms with Crippen LogP contribution in [0.15, 0.2) is 17.8 Å². The molecule has 1 aliphatic heterocycles. The molecule has 2 rings (SSSR count). The van der Waals surface area contributed by atoms with Gasteiger partial charge in [-0.3, -0.25) is 0 Å². The number of hydrogen-bond acceptors (Lipinski definition) is 5. The van der Waals surface area contributed by atoms with Gasteiger partial charge in [0.1, 0.15) is 5.82 Å². The first-order chi connectivity index (χ1) is 8.85. The van der Waals surface area contributed by atoms with Crippen molar-refractivity contribution < 1.29 is 4.74 Å². The van der Waals surface area contributed by atoms with Gasteiger partial charge in [-0.2, -0.15) is 0 Å². The van der Waals surface area contributed by atoms with E-state index in [0.29, 0.717) is 19.0 Å². The lowest BCUT2D eigenvalue weighted by Crippen LogP contribution is -2.19. The molecule has 0 aromatic carbocycles. The van der Waals surface area contributed by atoms with Crippen LogP contribution in [0, 0.1) is 5.92 Å². The topological polar surface area (TPSA) is 66.0 Å². The second-order valence-corrected chi connectivity index (χ2v) is 5.38. The summed E-state index contributed by atoms with van der Waals surface area (Å²) in [5.41, 5.74) is 5.65. The summed E-state index contributed by atoms with van der Waals surface area (Å²) < 4.78 is 7.51. The molecule has 0 bridgehead atoms. The minimum absolute atomic E-state index is 0. The van der Waals surface area contributed by atoms with Crippen LogP contribution in [0.2, 0.25) is 0 Å². The van der Waals surface area contributed by atoms with E-state index in [1.54, 1.807) is 11.8 Å². The van der Waals surface area contributed by atoms with Gasteiger partial charge in [0.25, 0.3) is 0 Å². The number of aromatic nitrogens is 3. The van der Waals surface area contributed by atoms with E-state index in [1.165, 1.54) is 12.8 Å². The summed E-state index contributed by atoms with van der Waals surface area (Å²) in [5, 5.41) is 9.23. The number of allylic oxidation sites excluding steroid dienone is 1. The molecule has 0 radical (unpaired) electrons. The van der Waals surface area contributed by atoms with Crippen molar-refractivity contribution in [2.24, 2.45) is 11.7 Å². The van der Waals surface area contributed by atoms with Crippen molar-refractivity contribution >= 4 is 24.2 Å². The minimum Gasteiger partial charge on any atom is -0.381 e. The maximum atomic E-state index is 5.65. The molecule has 0 amide bonds. The molecule has 5 nitrogen and oxygen atoms in total. The first-order valence-corrected chi connectivity index (χ1v) is 7.27. The van der Waals surface area contributed by atoms with Gasteiger partial charge in [0.15, 0.2) is 5.16 Å². The Hall–Kier alpha value is -0.560. The molecule has 2 N–H and O–H groups in total. The molecule has 1 aromatic rings. The zero-order valence-electron chi connectivity index (χ0n) is 11.0. The third-order valence-corrected chi connectivity index (χ3v) is 4.19. The number of thioether (sulfide) groups is 1. The Morgan fingerprint density at radius 1 is 1.53 bits per heavy atom. The Kier molecular flexibility index (Phi) is 7.45. The number of hydrogen-bond donors (Lipinski definition) is 1. The normalized spacial score (nSPS) is 18.9. The van der Waals surface area contributed by atoms with Crippen molar-refractivity contribution in [1.29, 1.82) is 0 Å². The van der Waals surface area contributed by atoms with Crippen LogP contribution in [0.5, 0.6) is 0 Å². The summed E-state index contributed by atoms with van der Waals surface area (Å²) >= 11 is 1.74. The van der Waals surface area contributed by atoms with E-state index in [4.69, 9.17) is 10.5 Å². The lowest BCUT2D eigenvalue weighted by Gasteiger charge is -2.21. The van der Waals surface area contributed by atoms with Crippen molar-refractivity contribution in [1.82, 2.24) is 14.8 Å². The lowest BCUT2D eigenvalue weighted by atomic mass is 10.1. The standard InChI is InChI=1S/C12H20N4OS.ClH/c1-2-5-16-11(7-13)14-15-12(16)18-9-10-4-3-6-17-8-10;/h2,10H,1,3-9,13H2;1H. The van der Waals surface area contributed by atoms with E-state index in [-0.39, 0.29) is 12.4 Å². The predicted octanol–water partition coefficient (Wildman–Crippen LogP) is 1.86. The molecule has 19 heavy (non-hydrogen) atoms. The van der Waals surface area contributed by atoms with Crippen LogP contribution >= 0.6 is 24.2 Å². The zero-order valence-corrected chi connectivity index (χ0v) is 12.6. The number of rotatable bonds is 6. The Morgan fingerprint density at radius 2 is 2.37 bits per heavy atom. The van der Waals surface area contributed by atoms with E-state index in [0.717, 1.165) is 29.9 Å². The fourth-order valence-electron chi connectivity index (χ4n) is 2.02. The number of ether oxygens (including phenoxy) is 1. The van der Waals surface area contributed by atoms with Gasteiger partial charge < -0.3 is 15.0 Å². The van der Waals surface area contributed by atoms with Crippen LogP contribution in [-0.4, -0.2) is 33.7 Å². The number of halogens is 1. The van der Waals surface area contributed by atoms with Gasteiger partial charge in [-0.15, -0.1) is 29.2 Å². The highest BCUT2D eigenvalue weighted by Crippen LogP contribution is 2.24. The first kappa shape index (κ1) is 16.5. The monoisotopic (exact) mass is 304 g/mol. The van der Waals surface area contributed by atoms with E-state index in [9.17, 15) is 0 Å². The Morgan fingerprint density at radius 3 is 3.00 bits per heavy atom. The second kappa shape index (κ2) is 8.58. The molecule has 0 saturated carbocycles. The van der Waals surface area contributed by atoms with Crippen LogP contribution in [0.25, 0.3) is 0 Å². The summed E-state index contributed by atoms with van der Waals surface area (Å²) in [7, 11) is 0. The average Bonchev–Trinajstić information content (AvgIpc) is 2.80. The highest BCUT2D eigenvalue weighted by atomic mass is 35.5. The number of nitrogens with two attached hydrogens (primary N) is 1. The Bertz CT molecular complexity index is 393. The van der Waals surface area contributed by atoms with Gasteiger partial charge in [-0.25, -0.2) is 0 Å². The van der Waals surface area contributed by atoms with Crippen LogP contribution < -0.4 is 5.73 Å². The highest BCUT2D eigenvalue weighted by Gasteiger charge is 2.17. The molecule has 0 spiro atoms. The Labute approximate surface area is 124 Å². The lowest BCUT2D eigenvalue weighted by molar-refractivity contribution is 0.0632. The van der Waals surface area contributed by atoms with Gasteiger partial charge in [0.2, 0.25) is 0 Å². The van der Waals surface area contributed by atoms with E-state index >= 15 is 0 Å². The van der Waals surface area contributed by atoms with Crippen molar-refractivity contribution in [3.05, 3.63) is 18.5 Å². The van der Waals surface area contributed by atoms with Crippen molar-refractivity contribution in [3.63, 3.8) is 0 Å². The molecule has 1 atom stereocenters. The van der Waals surface area contributed by atoms with Gasteiger partial charge in [0, 0.05) is 18.9 Å². The van der Waals surface area contributed by atoms with E-state index in [1.807, 2.05) is 10.6 Å². The summed E-state index contributed by atoms with van der Waals surface area (Å²) in [5.74, 6) is 2.47. The summed E-state index contributed by atoms with van der Waals surface area (Å²) in [6.07, 6.45) is 4.25. The van der Waals surface area contributed by atoms with E-state index in [2.05, 4.69) is 16.8 Å². The highest BCUT2D eigenvalue weighted by molar-refractivity contribution is 7.99. The van der Waals surface area contributed by atoms with Crippen LogP contribution in [0.1, 0.15) is 18.7 Å². The molecule has 1 aromatic heterocycles. The fraction of sp³-hybridized carbons (Fsp3) is 0.667. The third-order valence-electron chi connectivity index (χ3n) is 2.99. The Balaban J connectivity index is 0.00000180. The molecule has 1 aliphatic rings. The largest absolute Gasteiger partial charge is 0.381 e. The van der Waals surface area contributed by atoms with Crippen molar-refractivity contribution in [2.45, 2.75) is 31.1 Å². The average molecular weight is 305 g/mol. The van der Waals surface area contributed by atoms with Gasteiger partial charge in [-0.1, -0.05) is 17.8 Å². The molecule has 1 unspecified atom stereocenters. The zero-order chi connectivity index (χ0) is 12.8. The first-order valence-electron chi connectivity index (χ1n) is 6.28. The quantitative estimate of drug-likeness (QED) is 0.642. The maximum Gasteiger partial charge on any atom is 0.191 e. The van der Waals surface area contributed by atoms with Gasteiger partial charge in [0.05, 0.1) is 13.2 Å².